The van der Waals surface area contributed by atoms with E-state index in [-0.39, 0.29) is 5.76 Å². The first-order chi connectivity index (χ1) is 11.5. The highest BCUT2D eigenvalue weighted by atomic mass is 32.1. The Labute approximate surface area is 144 Å². The predicted octanol–water partition coefficient (Wildman–Crippen LogP) is 3.61. The minimum Gasteiger partial charge on any atom is -0.500 e. The standard InChI is InChI=1S/C17H19NO5S/c1-4-22-8-13-10-24-16(18-13)12-6-5-11(2)14(7-12)23-15(9-21-3)17(19)20/h5-7,9-10H,4,8H2,1-3H3,(H,19,20)/b15-9-. The Hall–Kier alpha value is -2.38. The molecule has 1 heterocycles. The number of ether oxygens (including phenoxy) is 3. The molecule has 0 saturated heterocycles. The van der Waals surface area contributed by atoms with Crippen molar-refractivity contribution in [1.29, 1.82) is 0 Å². The van der Waals surface area contributed by atoms with Gasteiger partial charge < -0.3 is 19.3 Å². The van der Waals surface area contributed by atoms with Crippen molar-refractivity contribution >= 4 is 17.3 Å². The van der Waals surface area contributed by atoms with Gasteiger partial charge in [-0.15, -0.1) is 11.3 Å². The summed E-state index contributed by atoms with van der Waals surface area (Å²) in [6, 6.07) is 5.55. The van der Waals surface area contributed by atoms with Crippen molar-refractivity contribution in [1.82, 2.24) is 4.98 Å². The minimum absolute atomic E-state index is 0.283. The maximum atomic E-state index is 11.2. The van der Waals surface area contributed by atoms with Crippen LogP contribution in [0.5, 0.6) is 5.75 Å². The van der Waals surface area contributed by atoms with Crippen LogP contribution in [0.25, 0.3) is 10.6 Å². The van der Waals surface area contributed by atoms with Crippen LogP contribution in [0.3, 0.4) is 0 Å². The van der Waals surface area contributed by atoms with E-state index in [1.54, 1.807) is 6.07 Å². The van der Waals surface area contributed by atoms with E-state index < -0.39 is 5.97 Å². The van der Waals surface area contributed by atoms with Crippen molar-refractivity contribution in [2.24, 2.45) is 0 Å². The first kappa shape index (κ1) is 18.0. The zero-order valence-electron chi connectivity index (χ0n) is 13.7. The van der Waals surface area contributed by atoms with Gasteiger partial charge in [0.2, 0.25) is 5.76 Å². The molecular weight excluding hydrogens is 330 g/mol. The molecule has 0 amide bonds. The molecule has 7 heteroatoms. The molecule has 0 unspecified atom stereocenters. The largest absolute Gasteiger partial charge is 0.500 e. The number of methoxy groups -OCH3 is 1. The number of thiazole rings is 1. The number of carboxylic acids is 1. The van der Waals surface area contributed by atoms with Crippen molar-refractivity contribution < 1.29 is 24.1 Å². The number of hydrogen-bond donors (Lipinski definition) is 1. The number of carbonyl (C=O) groups is 1. The predicted molar refractivity (Wildman–Crippen MR) is 91.0 cm³/mol. The number of carboxylic acid groups (broad SMARTS) is 1. The molecule has 2 aromatic rings. The molecule has 1 aromatic heterocycles. The molecule has 0 spiro atoms. The molecule has 2 rings (SSSR count). The smallest absolute Gasteiger partial charge is 0.375 e. The third-order valence-electron chi connectivity index (χ3n) is 3.10. The zero-order chi connectivity index (χ0) is 17.5. The maximum Gasteiger partial charge on any atom is 0.375 e. The maximum absolute atomic E-state index is 11.2. The van der Waals surface area contributed by atoms with E-state index in [4.69, 9.17) is 19.3 Å². The number of aliphatic carboxylic acids is 1. The highest BCUT2D eigenvalue weighted by Crippen LogP contribution is 2.30. The van der Waals surface area contributed by atoms with Gasteiger partial charge in [-0.1, -0.05) is 12.1 Å². The van der Waals surface area contributed by atoms with Gasteiger partial charge in [0.15, 0.2) is 0 Å². The fraction of sp³-hybridized carbons (Fsp3) is 0.294. The monoisotopic (exact) mass is 349 g/mol. The summed E-state index contributed by atoms with van der Waals surface area (Å²) in [5, 5.41) is 11.9. The molecule has 0 bridgehead atoms. The SMILES string of the molecule is CCOCc1csc(-c2ccc(C)c(O/C(=C\OC)C(=O)O)c2)n1. The van der Waals surface area contributed by atoms with Crippen LogP contribution in [0.4, 0.5) is 0 Å². The van der Waals surface area contributed by atoms with Crippen molar-refractivity contribution in [2.75, 3.05) is 13.7 Å². The van der Waals surface area contributed by atoms with Gasteiger partial charge in [0.1, 0.15) is 17.0 Å². The number of aryl methyl sites for hydroxylation is 1. The van der Waals surface area contributed by atoms with E-state index in [1.165, 1.54) is 18.4 Å². The molecule has 128 valence electrons. The Morgan fingerprint density at radius 3 is 2.88 bits per heavy atom. The summed E-state index contributed by atoms with van der Waals surface area (Å²) in [5.41, 5.74) is 2.53. The van der Waals surface area contributed by atoms with Crippen LogP contribution in [-0.2, 0) is 20.9 Å². The zero-order valence-corrected chi connectivity index (χ0v) is 14.6. The van der Waals surface area contributed by atoms with E-state index >= 15 is 0 Å². The molecule has 0 atom stereocenters. The molecule has 6 nitrogen and oxygen atoms in total. The summed E-state index contributed by atoms with van der Waals surface area (Å²) in [6.07, 6.45) is 1.05. The molecule has 0 aliphatic carbocycles. The van der Waals surface area contributed by atoms with Gasteiger partial charge in [0.25, 0.3) is 0 Å². The molecule has 24 heavy (non-hydrogen) atoms. The lowest BCUT2D eigenvalue weighted by molar-refractivity contribution is -0.135. The van der Waals surface area contributed by atoms with Gasteiger partial charge >= 0.3 is 5.97 Å². The normalized spacial score (nSPS) is 11.4. The van der Waals surface area contributed by atoms with Crippen LogP contribution in [0.1, 0.15) is 18.2 Å². The lowest BCUT2D eigenvalue weighted by Crippen LogP contribution is -2.09. The number of rotatable bonds is 8. The average molecular weight is 349 g/mol. The molecule has 0 aliphatic heterocycles. The third kappa shape index (κ3) is 4.56. The lowest BCUT2D eigenvalue weighted by Gasteiger charge is -2.10. The van der Waals surface area contributed by atoms with Gasteiger partial charge in [-0.25, -0.2) is 9.78 Å². The van der Waals surface area contributed by atoms with Crippen molar-refractivity contribution in [3.63, 3.8) is 0 Å². The van der Waals surface area contributed by atoms with Gasteiger partial charge in [-0.05, 0) is 25.5 Å². The Balaban J connectivity index is 2.26. The Bertz CT molecular complexity index is 738. The second kappa shape index (κ2) is 8.47. The number of benzene rings is 1. The van der Waals surface area contributed by atoms with E-state index in [0.29, 0.717) is 19.0 Å². The van der Waals surface area contributed by atoms with Crippen LogP contribution in [0, 0.1) is 6.92 Å². The topological polar surface area (TPSA) is 77.9 Å². The van der Waals surface area contributed by atoms with E-state index in [1.807, 2.05) is 31.4 Å². The van der Waals surface area contributed by atoms with Gasteiger partial charge in [-0.3, -0.25) is 0 Å². The molecule has 0 saturated carbocycles. The number of nitrogens with zero attached hydrogens (tertiary/aromatic N) is 1. The molecule has 0 radical (unpaired) electrons. The molecule has 1 aromatic carbocycles. The quantitative estimate of drug-likeness (QED) is 0.579. The van der Waals surface area contributed by atoms with Gasteiger partial charge in [0.05, 0.1) is 19.4 Å². The first-order valence-electron chi connectivity index (χ1n) is 7.32. The van der Waals surface area contributed by atoms with E-state index in [0.717, 1.165) is 28.1 Å². The van der Waals surface area contributed by atoms with E-state index in [2.05, 4.69) is 4.98 Å². The molecule has 0 aliphatic rings. The van der Waals surface area contributed by atoms with E-state index in [9.17, 15) is 4.79 Å². The van der Waals surface area contributed by atoms with Crippen LogP contribution < -0.4 is 4.74 Å². The summed E-state index contributed by atoms with van der Waals surface area (Å²) in [6.45, 7) is 4.89. The van der Waals surface area contributed by atoms with Crippen molar-refractivity contribution in [2.45, 2.75) is 20.5 Å². The lowest BCUT2D eigenvalue weighted by atomic mass is 10.1. The van der Waals surface area contributed by atoms with Crippen LogP contribution in [-0.4, -0.2) is 29.8 Å². The van der Waals surface area contributed by atoms with Gasteiger partial charge in [-0.2, -0.15) is 0 Å². The summed E-state index contributed by atoms with van der Waals surface area (Å²) >= 11 is 1.50. The molecule has 0 fully saturated rings. The summed E-state index contributed by atoms with van der Waals surface area (Å²) in [4.78, 5) is 15.7. The second-order valence-corrected chi connectivity index (χ2v) is 5.74. The Morgan fingerprint density at radius 1 is 1.42 bits per heavy atom. The van der Waals surface area contributed by atoms with Crippen LogP contribution in [0.2, 0.25) is 0 Å². The Kier molecular flexibility index (Phi) is 6.34. The average Bonchev–Trinajstić information content (AvgIpc) is 3.03. The minimum atomic E-state index is -1.20. The second-order valence-electron chi connectivity index (χ2n) is 4.89. The fourth-order valence-corrected chi connectivity index (χ4v) is 2.70. The summed E-state index contributed by atoms with van der Waals surface area (Å²) < 4.78 is 15.6. The van der Waals surface area contributed by atoms with Crippen molar-refractivity contribution in [3.05, 3.63) is 46.9 Å². The highest BCUT2D eigenvalue weighted by molar-refractivity contribution is 7.13. The number of hydrogen-bond acceptors (Lipinski definition) is 6. The van der Waals surface area contributed by atoms with Crippen molar-refractivity contribution in [3.8, 4) is 16.3 Å². The molecular formula is C17H19NO5S. The van der Waals surface area contributed by atoms with Crippen LogP contribution >= 0.6 is 11.3 Å². The highest BCUT2D eigenvalue weighted by Gasteiger charge is 2.14. The first-order valence-corrected chi connectivity index (χ1v) is 8.20. The molecule has 1 N–H and O–H groups in total. The summed E-state index contributed by atoms with van der Waals surface area (Å²) in [5.74, 6) is -1.04. The fourth-order valence-electron chi connectivity index (χ4n) is 1.90. The van der Waals surface area contributed by atoms with Crippen LogP contribution in [0.15, 0.2) is 35.6 Å². The number of aromatic nitrogens is 1. The summed E-state index contributed by atoms with van der Waals surface area (Å²) in [7, 11) is 1.37. The van der Waals surface area contributed by atoms with Gasteiger partial charge in [0, 0.05) is 17.6 Å². The Morgan fingerprint density at radius 2 is 2.21 bits per heavy atom. The third-order valence-corrected chi connectivity index (χ3v) is 4.04.